The average molecular weight is 182 g/mol. The summed E-state index contributed by atoms with van der Waals surface area (Å²) in [5.41, 5.74) is -0.00106. The first-order valence-electron chi connectivity index (χ1n) is 5.26. The van der Waals surface area contributed by atoms with Crippen molar-refractivity contribution >= 4 is 6.29 Å². The fourth-order valence-electron chi connectivity index (χ4n) is 3.29. The Hall–Kier alpha value is -0.370. The van der Waals surface area contributed by atoms with Crippen LogP contribution < -0.4 is 0 Å². The van der Waals surface area contributed by atoms with Crippen LogP contribution in [-0.2, 0) is 9.53 Å². The zero-order chi connectivity index (χ0) is 9.31. The van der Waals surface area contributed by atoms with Gasteiger partial charge in [0.05, 0.1) is 0 Å². The van der Waals surface area contributed by atoms with Crippen molar-refractivity contribution in [2.75, 3.05) is 13.7 Å². The summed E-state index contributed by atoms with van der Waals surface area (Å²) in [5.74, 6) is 1.51. The molecule has 2 heteroatoms. The van der Waals surface area contributed by atoms with E-state index >= 15 is 0 Å². The highest BCUT2D eigenvalue weighted by Gasteiger charge is 2.50. The van der Waals surface area contributed by atoms with Crippen LogP contribution in [0.2, 0.25) is 0 Å². The first-order valence-corrected chi connectivity index (χ1v) is 5.26. The van der Waals surface area contributed by atoms with E-state index in [4.69, 9.17) is 4.74 Å². The Morgan fingerprint density at radius 1 is 1.54 bits per heavy atom. The third-order valence-electron chi connectivity index (χ3n) is 4.03. The lowest BCUT2D eigenvalue weighted by molar-refractivity contribution is -0.120. The summed E-state index contributed by atoms with van der Waals surface area (Å²) in [6.07, 6.45) is 7.21. The monoisotopic (exact) mass is 182 g/mol. The molecule has 0 aromatic rings. The van der Waals surface area contributed by atoms with E-state index in [1.165, 1.54) is 25.5 Å². The average Bonchev–Trinajstić information content (AvgIpc) is 2.74. The SMILES string of the molecule is COCCC1(C=O)CC2CCC1C2. The number of methoxy groups -OCH3 is 1. The van der Waals surface area contributed by atoms with Crippen molar-refractivity contribution in [2.45, 2.75) is 32.1 Å². The van der Waals surface area contributed by atoms with Gasteiger partial charge in [0.1, 0.15) is 6.29 Å². The molecule has 0 aromatic carbocycles. The van der Waals surface area contributed by atoms with Crippen LogP contribution in [0.5, 0.6) is 0 Å². The van der Waals surface area contributed by atoms with E-state index in [0.717, 1.165) is 25.4 Å². The van der Waals surface area contributed by atoms with Crippen LogP contribution in [0.15, 0.2) is 0 Å². The van der Waals surface area contributed by atoms with Gasteiger partial charge in [0, 0.05) is 19.1 Å². The van der Waals surface area contributed by atoms with Crippen molar-refractivity contribution in [3.63, 3.8) is 0 Å². The molecular weight excluding hydrogens is 164 g/mol. The maximum atomic E-state index is 11.2. The van der Waals surface area contributed by atoms with Gasteiger partial charge in [0.25, 0.3) is 0 Å². The van der Waals surface area contributed by atoms with E-state index in [1.807, 2.05) is 0 Å². The van der Waals surface area contributed by atoms with Crippen molar-refractivity contribution in [2.24, 2.45) is 17.3 Å². The summed E-state index contributed by atoms with van der Waals surface area (Å²) in [5, 5.41) is 0. The largest absolute Gasteiger partial charge is 0.385 e. The van der Waals surface area contributed by atoms with Gasteiger partial charge in [-0.1, -0.05) is 6.42 Å². The number of ether oxygens (including phenoxy) is 1. The Balaban J connectivity index is 2.03. The number of fused-ring (bicyclic) bond motifs is 2. The van der Waals surface area contributed by atoms with Crippen LogP contribution in [0.3, 0.4) is 0 Å². The zero-order valence-corrected chi connectivity index (χ0v) is 8.29. The van der Waals surface area contributed by atoms with Gasteiger partial charge in [0.2, 0.25) is 0 Å². The van der Waals surface area contributed by atoms with Crippen molar-refractivity contribution in [3.05, 3.63) is 0 Å². The molecule has 2 fully saturated rings. The molecule has 2 rings (SSSR count). The molecule has 2 nitrogen and oxygen atoms in total. The first-order chi connectivity index (χ1) is 6.30. The first kappa shape index (κ1) is 9.20. The van der Waals surface area contributed by atoms with Gasteiger partial charge in [-0.05, 0) is 37.5 Å². The van der Waals surface area contributed by atoms with Crippen molar-refractivity contribution in [1.82, 2.24) is 0 Å². The molecule has 3 atom stereocenters. The summed E-state index contributed by atoms with van der Waals surface area (Å²) in [7, 11) is 1.71. The molecule has 0 N–H and O–H groups in total. The fraction of sp³-hybridized carbons (Fsp3) is 0.909. The summed E-state index contributed by atoms with van der Waals surface area (Å²) < 4.78 is 5.08. The van der Waals surface area contributed by atoms with Crippen molar-refractivity contribution in [3.8, 4) is 0 Å². The Labute approximate surface area is 79.7 Å². The molecule has 0 radical (unpaired) electrons. The second kappa shape index (κ2) is 3.41. The highest BCUT2D eigenvalue weighted by atomic mass is 16.5. The third kappa shape index (κ3) is 1.41. The van der Waals surface area contributed by atoms with E-state index in [9.17, 15) is 4.79 Å². The van der Waals surface area contributed by atoms with Crippen LogP contribution in [0.25, 0.3) is 0 Å². The predicted molar refractivity (Wildman–Crippen MR) is 50.4 cm³/mol. The van der Waals surface area contributed by atoms with Gasteiger partial charge in [-0.3, -0.25) is 0 Å². The number of aldehydes is 1. The van der Waals surface area contributed by atoms with Gasteiger partial charge < -0.3 is 9.53 Å². The Bertz CT molecular complexity index is 202. The summed E-state index contributed by atoms with van der Waals surface area (Å²) in [6.45, 7) is 0.738. The molecule has 2 bridgehead atoms. The molecule has 0 aromatic heterocycles. The molecule has 2 aliphatic rings. The highest BCUT2D eigenvalue weighted by molar-refractivity contribution is 5.61. The van der Waals surface area contributed by atoms with Crippen LogP contribution in [0.1, 0.15) is 32.1 Å². The van der Waals surface area contributed by atoms with Crippen LogP contribution in [-0.4, -0.2) is 20.0 Å². The number of rotatable bonds is 4. The minimum atomic E-state index is -0.00106. The predicted octanol–water partition coefficient (Wildman–Crippen LogP) is 2.03. The van der Waals surface area contributed by atoms with Gasteiger partial charge >= 0.3 is 0 Å². The lowest BCUT2D eigenvalue weighted by atomic mass is 9.72. The molecule has 13 heavy (non-hydrogen) atoms. The maximum absolute atomic E-state index is 11.2. The van der Waals surface area contributed by atoms with Crippen LogP contribution >= 0.6 is 0 Å². The number of hydrogen-bond donors (Lipinski definition) is 0. The third-order valence-corrected chi connectivity index (χ3v) is 4.03. The molecule has 2 saturated carbocycles. The van der Waals surface area contributed by atoms with Crippen molar-refractivity contribution < 1.29 is 9.53 Å². The lowest BCUT2D eigenvalue weighted by Crippen LogP contribution is -2.30. The Kier molecular flexibility index (Phi) is 2.41. The molecule has 0 heterocycles. The molecule has 74 valence electrons. The number of hydrogen-bond acceptors (Lipinski definition) is 2. The minimum absolute atomic E-state index is 0.00106. The second-order valence-corrected chi connectivity index (χ2v) is 4.67. The van der Waals surface area contributed by atoms with Gasteiger partial charge in [-0.25, -0.2) is 0 Å². The molecule has 0 amide bonds. The zero-order valence-electron chi connectivity index (χ0n) is 8.29. The fourth-order valence-corrected chi connectivity index (χ4v) is 3.29. The maximum Gasteiger partial charge on any atom is 0.126 e. The van der Waals surface area contributed by atoms with Crippen LogP contribution in [0.4, 0.5) is 0 Å². The Morgan fingerprint density at radius 2 is 2.38 bits per heavy atom. The van der Waals surface area contributed by atoms with Gasteiger partial charge in [-0.2, -0.15) is 0 Å². The van der Waals surface area contributed by atoms with Crippen molar-refractivity contribution in [1.29, 1.82) is 0 Å². The van der Waals surface area contributed by atoms with Gasteiger partial charge in [0.15, 0.2) is 0 Å². The van der Waals surface area contributed by atoms with E-state index < -0.39 is 0 Å². The van der Waals surface area contributed by atoms with E-state index in [0.29, 0.717) is 5.92 Å². The Morgan fingerprint density at radius 3 is 2.85 bits per heavy atom. The summed E-state index contributed by atoms with van der Waals surface area (Å²) in [4.78, 5) is 11.2. The second-order valence-electron chi connectivity index (χ2n) is 4.67. The highest BCUT2D eigenvalue weighted by Crippen LogP contribution is 2.56. The molecule has 0 aliphatic heterocycles. The molecule has 2 aliphatic carbocycles. The minimum Gasteiger partial charge on any atom is -0.385 e. The van der Waals surface area contributed by atoms with Crippen LogP contribution in [0, 0.1) is 17.3 Å². The quantitative estimate of drug-likeness (QED) is 0.622. The van der Waals surface area contributed by atoms with E-state index in [-0.39, 0.29) is 5.41 Å². The van der Waals surface area contributed by atoms with E-state index in [2.05, 4.69) is 0 Å². The van der Waals surface area contributed by atoms with Gasteiger partial charge in [-0.15, -0.1) is 0 Å². The number of carbonyl (C=O) groups is 1. The molecular formula is C11H18O2. The number of carbonyl (C=O) groups excluding carboxylic acids is 1. The molecule has 0 saturated heterocycles. The smallest absolute Gasteiger partial charge is 0.126 e. The summed E-state index contributed by atoms with van der Waals surface area (Å²) >= 11 is 0. The molecule has 3 unspecified atom stereocenters. The summed E-state index contributed by atoms with van der Waals surface area (Å²) in [6, 6.07) is 0. The molecule has 0 spiro atoms. The topological polar surface area (TPSA) is 26.3 Å². The van der Waals surface area contributed by atoms with E-state index in [1.54, 1.807) is 7.11 Å². The normalized spacial score (nSPS) is 42.5. The lowest BCUT2D eigenvalue weighted by Gasteiger charge is -2.32. The standard InChI is InChI=1S/C11H18O2/c1-13-5-4-11(8-12)7-9-2-3-10(11)6-9/h8-10H,2-7H2,1H3.